The van der Waals surface area contributed by atoms with Gasteiger partial charge < -0.3 is 14.6 Å². The largest absolute Gasteiger partial charge is 0.444 e. The van der Waals surface area contributed by atoms with Crippen LogP contribution in [-0.4, -0.2) is 28.0 Å². The minimum atomic E-state index is -0.483. The zero-order valence-electron chi connectivity index (χ0n) is 12.9. The highest BCUT2D eigenvalue weighted by Gasteiger charge is 2.15. The number of aromatic nitrogens is 1. The van der Waals surface area contributed by atoms with Gasteiger partial charge in [0.15, 0.2) is 0 Å². The molecule has 1 aromatic heterocycles. The van der Waals surface area contributed by atoms with Gasteiger partial charge in [-0.05, 0) is 57.3 Å². The number of carbonyl (C=O) groups is 1. The second-order valence-corrected chi connectivity index (χ2v) is 6.07. The summed E-state index contributed by atoms with van der Waals surface area (Å²) in [5.41, 5.74) is 1.38. The van der Waals surface area contributed by atoms with Gasteiger partial charge in [0, 0.05) is 30.2 Å². The fourth-order valence-corrected chi connectivity index (χ4v) is 2.20. The molecule has 0 bridgehead atoms. The number of nitrogens with one attached hydrogen (secondary N) is 1. The number of carbonyl (C=O) groups excluding carboxylic acids is 1. The van der Waals surface area contributed by atoms with Crippen LogP contribution in [0.1, 0.15) is 20.8 Å². The third kappa shape index (κ3) is 4.41. The molecule has 0 atom stereocenters. The number of isothiocyanates is 1. The highest BCUT2D eigenvalue weighted by molar-refractivity contribution is 7.78. The Morgan fingerprint density at radius 3 is 2.86 bits per heavy atom. The fraction of sp³-hybridized carbons (Fsp3) is 0.375. The van der Waals surface area contributed by atoms with E-state index in [1.165, 1.54) is 0 Å². The molecule has 1 aromatic carbocycles. The summed E-state index contributed by atoms with van der Waals surface area (Å²) >= 11 is 4.61. The second-order valence-electron chi connectivity index (χ2n) is 5.88. The summed E-state index contributed by atoms with van der Waals surface area (Å²) in [7, 11) is 0. The Balaban J connectivity index is 1.98. The maximum Gasteiger partial charge on any atom is 0.407 e. The summed E-state index contributed by atoms with van der Waals surface area (Å²) < 4.78 is 7.27. The van der Waals surface area contributed by atoms with E-state index in [4.69, 9.17) is 4.74 Å². The first-order valence-corrected chi connectivity index (χ1v) is 7.43. The monoisotopic (exact) mass is 317 g/mol. The van der Waals surface area contributed by atoms with E-state index in [-0.39, 0.29) is 0 Å². The lowest BCUT2D eigenvalue weighted by atomic mass is 10.2. The SMILES string of the molecule is CC(C)(C)OC(=O)NCCn1ccc2cc(N=C=S)ccc21. The van der Waals surface area contributed by atoms with E-state index in [2.05, 4.69) is 32.3 Å². The summed E-state index contributed by atoms with van der Waals surface area (Å²) in [6.07, 6.45) is 1.58. The van der Waals surface area contributed by atoms with Gasteiger partial charge in [0.25, 0.3) is 0 Å². The number of ether oxygens (including phenoxy) is 1. The number of nitrogens with zero attached hydrogens (tertiary/aromatic N) is 2. The van der Waals surface area contributed by atoms with Crippen LogP contribution in [0.3, 0.4) is 0 Å². The summed E-state index contributed by atoms with van der Waals surface area (Å²) in [6.45, 7) is 6.68. The van der Waals surface area contributed by atoms with Gasteiger partial charge >= 0.3 is 6.09 Å². The lowest BCUT2D eigenvalue weighted by Gasteiger charge is -2.19. The van der Waals surface area contributed by atoms with Gasteiger partial charge in [-0.3, -0.25) is 0 Å². The average Bonchev–Trinajstić information content (AvgIpc) is 2.80. The molecule has 0 saturated heterocycles. The first-order valence-electron chi connectivity index (χ1n) is 7.03. The van der Waals surface area contributed by atoms with Crippen LogP contribution < -0.4 is 5.32 Å². The van der Waals surface area contributed by atoms with E-state index in [1.807, 2.05) is 51.2 Å². The molecule has 0 aliphatic heterocycles. The molecule has 116 valence electrons. The number of amides is 1. The number of hydrogen-bond acceptors (Lipinski definition) is 4. The molecular formula is C16H19N3O2S. The molecular weight excluding hydrogens is 298 g/mol. The fourth-order valence-electron chi connectivity index (χ4n) is 2.10. The van der Waals surface area contributed by atoms with Crippen LogP contribution in [-0.2, 0) is 11.3 Å². The van der Waals surface area contributed by atoms with Crippen LogP contribution in [0.25, 0.3) is 10.9 Å². The Hall–Kier alpha value is -2.17. The second kappa shape index (κ2) is 6.73. The Kier molecular flexibility index (Phi) is 4.96. The van der Waals surface area contributed by atoms with Gasteiger partial charge in [-0.15, -0.1) is 0 Å². The molecule has 0 radical (unpaired) electrons. The van der Waals surface area contributed by atoms with E-state index in [1.54, 1.807) is 0 Å². The highest BCUT2D eigenvalue weighted by atomic mass is 32.1. The van der Waals surface area contributed by atoms with Crippen LogP contribution in [0.4, 0.5) is 10.5 Å². The van der Waals surface area contributed by atoms with Crippen molar-refractivity contribution < 1.29 is 9.53 Å². The third-order valence-electron chi connectivity index (χ3n) is 2.95. The Morgan fingerprint density at radius 1 is 1.41 bits per heavy atom. The molecule has 5 nitrogen and oxygen atoms in total. The molecule has 0 aliphatic rings. The number of alkyl carbamates (subject to hydrolysis) is 1. The van der Waals surface area contributed by atoms with Crippen LogP contribution in [0.5, 0.6) is 0 Å². The van der Waals surface area contributed by atoms with Crippen molar-refractivity contribution in [2.45, 2.75) is 32.9 Å². The van der Waals surface area contributed by atoms with E-state index >= 15 is 0 Å². The molecule has 0 aliphatic carbocycles. The minimum absolute atomic E-state index is 0.401. The zero-order chi connectivity index (χ0) is 16.2. The molecule has 0 spiro atoms. The molecule has 2 rings (SSSR count). The van der Waals surface area contributed by atoms with Crippen molar-refractivity contribution >= 4 is 40.1 Å². The van der Waals surface area contributed by atoms with E-state index < -0.39 is 11.7 Å². The van der Waals surface area contributed by atoms with Gasteiger partial charge in [-0.2, -0.15) is 4.99 Å². The van der Waals surface area contributed by atoms with Crippen molar-refractivity contribution in [1.82, 2.24) is 9.88 Å². The Labute approximate surface area is 135 Å². The highest BCUT2D eigenvalue weighted by Crippen LogP contribution is 2.22. The number of benzene rings is 1. The molecule has 1 amide bonds. The van der Waals surface area contributed by atoms with Crippen molar-refractivity contribution in [2.24, 2.45) is 4.99 Å². The number of hydrogen-bond donors (Lipinski definition) is 1. The number of aliphatic imine (C=N–C) groups is 1. The summed E-state index contributed by atoms with van der Waals surface area (Å²) in [5, 5.41) is 6.18. The Bertz CT molecular complexity index is 725. The molecule has 1 heterocycles. The summed E-state index contributed by atoms with van der Waals surface area (Å²) in [6, 6.07) is 7.82. The van der Waals surface area contributed by atoms with Crippen molar-refractivity contribution in [3.8, 4) is 0 Å². The van der Waals surface area contributed by atoms with Gasteiger partial charge in [0.2, 0.25) is 0 Å². The summed E-state index contributed by atoms with van der Waals surface area (Å²) in [5.74, 6) is 0. The third-order valence-corrected chi connectivity index (χ3v) is 3.04. The normalized spacial score (nSPS) is 11.0. The molecule has 0 unspecified atom stereocenters. The topological polar surface area (TPSA) is 55.6 Å². The van der Waals surface area contributed by atoms with Crippen molar-refractivity contribution in [1.29, 1.82) is 0 Å². The standard InChI is InChI=1S/C16H19N3O2S/c1-16(2,3)21-15(20)17-7-9-19-8-6-12-10-13(18-11-22)4-5-14(12)19/h4-6,8,10H,7,9H2,1-3H3,(H,17,20). The molecule has 6 heteroatoms. The molecule has 0 fully saturated rings. The van der Waals surface area contributed by atoms with E-state index in [0.717, 1.165) is 16.6 Å². The van der Waals surface area contributed by atoms with Crippen molar-refractivity contribution in [3.63, 3.8) is 0 Å². The molecule has 2 aromatic rings. The van der Waals surface area contributed by atoms with E-state index in [9.17, 15) is 4.79 Å². The van der Waals surface area contributed by atoms with Crippen LogP contribution >= 0.6 is 12.2 Å². The number of rotatable bonds is 4. The summed E-state index contributed by atoms with van der Waals surface area (Å²) in [4.78, 5) is 15.6. The number of thiocarbonyl (C=S) groups is 1. The minimum Gasteiger partial charge on any atom is -0.444 e. The number of fused-ring (bicyclic) bond motifs is 1. The van der Waals surface area contributed by atoms with Crippen LogP contribution in [0, 0.1) is 0 Å². The Morgan fingerprint density at radius 2 is 2.18 bits per heavy atom. The first kappa shape index (κ1) is 16.2. The van der Waals surface area contributed by atoms with E-state index in [0.29, 0.717) is 13.1 Å². The average molecular weight is 317 g/mol. The van der Waals surface area contributed by atoms with Crippen molar-refractivity contribution in [3.05, 3.63) is 30.5 Å². The molecule has 22 heavy (non-hydrogen) atoms. The van der Waals surface area contributed by atoms with Crippen LogP contribution in [0.15, 0.2) is 35.5 Å². The van der Waals surface area contributed by atoms with Gasteiger partial charge in [0.1, 0.15) is 5.60 Å². The predicted octanol–water partition coefficient (Wildman–Crippen LogP) is 3.90. The van der Waals surface area contributed by atoms with Gasteiger partial charge in [-0.25, -0.2) is 4.79 Å². The first-order chi connectivity index (χ1) is 10.4. The maximum absolute atomic E-state index is 11.6. The van der Waals surface area contributed by atoms with Crippen molar-refractivity contribution in [2.75, 3.05) is 6.54 Å². The van der Waals surface area contributed by atoms with Crippen LogP contribution in [0.2, 0.25) is 0 Å². The lowest BCUT2D eigenvalue weighted by Crippen LogP contribution is -2.34. The maximum atomic E-state index is 11.6. The predicted molar refractivity (Wildman–Crippen MR) is 90.9 cm³/mol. The zero-order valence-corrected chi connectivity index (χ0v) is 13.7. The quantitative estimate of drug-likeness (QED) is 0.687. The van der Waals surface area contributed by atoms with Gasteiger partial charge in [0.05, 0.1) is 10.8 Å². The lowest BCUT2D eigenvalue weighted by molar-refractivity contribution is 0.0526. The molecule has 0 saturated carbocycles. The smallest absolute Gasteiger partial charge is 0.407 e. The molecule has 1 N–H and O–H groups in total. The van der Waals surface area contributed by atoms with Gasteiger partial charge in [-0.1, -0.05) is 0 Å².